The van der Waals surface area contributed by atoms with Crippen molar-refractivity contribution in [1.29, 1.82) is 0 Å². The summed E-state index contributed by atoms with van der Waals surface area (Å²) in [6, 6.07) is 4.65. The minimum atomic E-state index is -4.41. The number of benzene rings is 1. The third-order valence-corrected chi connectivity index (χ3v) is 3.01. The summed E-state index contributed by atoms with van der Waals surface area (Å²) < 4.78 is 37.8. The van der Waals surface area contributed by atoms with Gasteiger partial charge >= 0.3 is 6.18 Å². The Hall–Kier alpha value is -1.32. The third kappa shape index (κ3) is 5.35. The molecule has 0 radical (unpaired) electrons. The summed E-state index contributed by atoms with van der Waals surface area (Å²) in [4.78, 5) is 12.1. The maximum absolute atomic E-state index is 12.6. The summed E-state index contributed by atoms with van der Waals surface area (Å²) in [7, 11) is 0. The number of hydrogen-bond donors (Lipinski definition) is 0. The van der Waals surface area contributed by atoms with Crippen molar-refractivity contribution in [3.8, 4) is 0 Å². The van der Waals surface area contributed by atoms with Gasteiger partial charge in [0.15, 0.2) is 5.78 Å². The molecule has 20 heavy (non-hydrogen) atoms. The molecule has 0 aliphatic heterocycles. The van der Waals surface area contributed by atoms with Crippen molar-refractivity contribution < 1.29 is 18.0 Å². The van der Waals surface area contributed by atoms with Crippen molar-refractivity contribution in [2.75, 3.05) is 0 Å². The molecule has 0 aliphatic rings. The second-order valence-electron chi connectivity index (χ2n) is 6.58. The van der Waals surface area contributed by atoms with Crippen LogP contribution in [0.2, 0.25) is 0 Å². The molecule has 0 heterocycles. The summed E-state index contributed by atoms with van der Waals surface area (Å²) in [5.74, 6) is -0.0788. The lowest BCUT2D eigenvalue weighted by atomic mass is 9.83. The van der Waals surface area contributed by atoms with E-state index in [2.05, 4.69) is 20.8 Å². The molecular weight excluding hydrogens is 265 g/mol. The van der Waals surface area contributed by atoms with Crippen LogP contribution in [0.3, 0.4) is 0 Å². The number of alkyl halides is 3. The van der Waals surface area contributed by atoms with Crippen LogP contribution >= 0.6 is 0 Å². The standard InChI is InChI=1S/C16H21F3O/c1-11(10-15(2,3)4)8-14(20)12-6-5-7-13(9-12)16(17,18)19/h5-7,9,11H,8,10H2,1-4H3. The first kappa shape index (κ1) is 16.7. The van der Waals surface area contributed by atoms with Gasteiger partial charge in [-0.15, -0.1) is 0 Å². The topological polar surface area (TPSA) is 17.1 Å². The first-order chi connectivity index (χ1) is 8.99. The van der Waals surface area contributed by atoms with Gasteiger partial charge in [-0.2, -0.15) is 13.2 Å². The Balaban J connectivity index is 2.78. The second kappa shape index (κ2) is 5.98. The van der Waals surface area contributed by atoms with Crippen molar-refractivity contribution >= 4 is 5.78 Å². The zero-order valence-corrected chi connectivity index (χ0v) is 12.3. The van der Waals surface area contributed by atoms with Crippen LogP contribution < -0.4 is 0 Å². The average molecular weight is 286 g/mol. The zero-order valence-electron chi connectivity index (χ0n) is 12.3. The maximum Gasteiger partial charge on any atom is 0.416 e. The molecule has 1 unspecified atom stereocenters. The number of carbonyl (C=O) groups is 1. The smallest absolute Gasteiger partial charge is 0.294 e. The molecule has 1 aromatic rings. The molecule has 0 bridgehead atoms. The van der Waals surface area contributed by atoms with E-state index in [0.29, 0.717) is 0 Å². The van der Waals surface area contributed by atoms with E-state index < -0.39 is 11.7 Å². The normalized spacial score (nSPS) is 14.2. The van der Waals surface area contributed by atoms with Crippen molar-refractivity contribution in [3.05, 3.63) is 35.4 Å². The van der Waals surface area contributed by atoms with E-state index in [-0.39, 0.29) is 29.1 Å². The lowest BCUT2D eigenvalue weighted by molar-refractivity contribution is -0.137. The van der Waals surface area contributed by atoms with E-state index in [1.54, 1.807) is 0 Å². The van der Waals surface area contributed by atoms with Crippen LogP contribution in [0.1, 0.15) is 56.5 Å². The number of rotatable bonds is 4. The number of ketones is 1. The lowest BCUT2D eigenvalue weighted by Gasteiger charge is -2.22. The van der Waals surface area contributed by atoms with Gasteiger partial charge in [-0.05, 0) is 29.9 Å². The zero-order chi connectivity index (χ0) is 15.6. The molecule has 0 N–H and O–H groups in total. The van der Waals surface area contributed by atoms with E-state index in [0.717, 1.165) is 18.6 Å². The Morgan fingerprint density at radius 2 is 1.80 bits per heavy atom. The highest BCUT2D eigenvalue weighted by Gasteiger charge is 2.31. The fourth-order valence-corrected chi connectivity index (χ4v) is 2.42. The summed E-state index contributed by atoms with van der Waals surface area (Å²) in [5.41, 5.74) is -0.527. The van der Waals surface area contributed by atoms with Gasteiger partial charge < -0.3 is 0 Å². The molecule has 1 nitrogen and oxygen atoms in total. The Labute approximate surface area is 118 Å². The molecule has 0 saturated carbocycles. The highest BCUT2D eigenvalue weighted by Crippen LogP contribution is 2.31. The fraction of sp³-hybridized carbons (Fsp3) is 0.562. The number of hydrogen-bond acceptors (Lipinski definition) is 1. The first-order valence-electron chi connectivity index (χ1n) is 6.69. The molecule has 1 aromatic carbocycles. The van der Waals surface area contributed by atoms with Crippen LogP contribution in [0, 0.1) is 11.3 Å². The predicted molar refractivity (Wildman–Crippen MR) is 73.6 cm³/mol. The number of carbonyl (C=O) groups excluding carboxylic acids is 1. The maximum atomic E-state index is 12.6. The van der Waals surface area contributed by atoms with Gasteiger partial charge in [0.25, 0.3) is 0 Å². The van der Waals surface area contributed by atoms with Gasteiger partial charge in [-0.1, -0.05) is 39.8 Å². The molecule has 0 aliphatic carbocycles. The highest BCUT2D eigenvalue weighted by molar-refractivity contribution is 5.96. The van der Waals surface area contributed by atoms with E-state index in [4.69, 9.17) is 0 Å². The predicted octanol–water partition coefficient (Wildman–Crippen LogP) is 5.35. The van der Waals surface area contributed by atoms with E-state index in [9.17, 15) is 18.0 Å². The molecule has 4 heteroatoms. The van der Waals surface area contributed by atoms with Crippen molar-refractivity contribution in [2.24, 2.45) is 11.3 Å². The van der Waals surface area contributed by atoms with Crippen LogP contribution in [0.5, 0.6) is 0 Å². The summed E-state index contributed by atoms with van der Waals surface area (Å²) >= 11 is 0. The molecule has 112 valence electrons. The van der Waals surface area contributed by atoms with Crippen LogP contribution in [0.4, 0.5) is 13.2 Å². The highest BCUT2D eigenvalue weighted by atomic mass is 19.4. The minimum absolute atomic E-state index is 0.105. The Kier molecular flexibility index (Phi) is 5.00. The summed E-state index contributed by atoms with van der Waals surface area (Å²) in [5, 5.41) is 0. The van der Waals surface area contributed by atoms with Crippen LogP contribution in [-0.4, -0.2) is 5.78 Å². The summed E-state index contributed by atoms with van der Waals surface area (Å²) in [6.07, 6.45) is -3.27. The third-order valence-electron chi connectivity index (χ3n) is 3.01. The van der Waals surface area contributed by atoms with Crippen LogP contribution in [0.15, 0.2) is 24.3 Å². The van der Waals surface area contributed by atoms with Gasteiger partial charge in [-0.3, -0.25) is 4.79 Å². The molecule has 1 atom stereocenters. The van der Waals surface area contributed by atoms with E-state index >= 15 is 0 Å². The van der Waals surface area contributed by atoms with Crippen molar-refractivity contribution in [2.45, 2.75) is 46.7 Å². The number of Topliss-reactive ketones (excluding diaryl/α,β-unsaturated/α-hetero) is 1. The Bertz CT molecular complexity index is 469. The fourth-order valence-electron chi connectivity index (χ4n) is 2.42. The van der Waals surface area contributed by atoms with Gasteiger partial charge in [0, 0.05) is 12.0 Å². The molecular formula is C16H21F3O. The van der Waals surface area contributed by atoms with Gasteiger partial charge in [0.2, 0.25) is 0 Å². The van der Waals surface area contributed by atoms with E-state index in [1.165, 1.54) is 12.1 Å². The van der Waals surface area contributed by atoms with Gasteiger partial charge in [0.1, 0.15) is 0 Å². The Morgan fingerprint density at radius 1 is 1.20 bits per heavy atom. The monoisotopic (exact) mass is 286 g/mol. The minimum Gasteiger partial charge on any atom is -0.294 e. The van der Waals surface area contributed by atoms with Crippen LogP contribution in [-0.2, 0) is 6.18 Å². The average Bonchev–Trinajstić information content (AvgIpc) is 2.25. The molecule has 0 amide bonds. The van der Waals surface area contributed by atoms with Crippen molar-refractivity contribution in [3.63, 3.8) is 0 Å². The number of halogens is 3. The van der Waals surface area contributed by atoms with E-state index in [1.807, 2.05) is 6.92 Å². The van der Waals surface area contributed by atoms with Gasteiger partial charge in [-0.25, -0.2) is 0 Å². The molecule has 0 aromatic heterocycles. The molecule has 0 spiro atoms. The molecule has 1 rings (SSSR count). The Morgan fingerprint density at radius 3 is 2.30 bits per heavy atom. The van der Waals surface area contributed by atoms with Gasteiger partial charge in [0.05, 0.1) is 5.56 Å². The second-order valence-corrected chi connectivity index (χ2v) is 6.58. The SMILES string of the molecule is CC(CC(=O)c1cccc(C(F)(F)F)c1)CC(C)(C)C. The summed E-state index contributed by atoms with van der Waals surface area (Å²) in [6.45, 7) is 8.20. The lowest BCUT2D eigenvalue weighted by Crippen LogP contribution is -2.15. The molecule has 0 saturated heterocycles. The van der Waals surface area contributed by atoms with Crippen molar-refractivity contribution in [1.82, 2.24) is 0 Å². The van der Waals surface area contributed by atoms with Crippen LogP contribution in [0.25, 0.3) is 0 Å². The molecule has 0 fully saturated rings. The quantitative estimate of drug-likeness (QED) is 0.682. The largest absolute Gasteiger partial charge is 0.416 e. The first-order valence-corrected chi connectivity index (χ1v) is 6.69.